The van der Waals surface area contributed by atoms with Crippen molar-refractivity contribution >= 4 is 0 Å². The van der Waals surface area contributed by atoms with Gasteiger partial charge in [-0.1, -0.05) is 13.3 Å². The highest BCUT2D eigenvalue weighted by atomic mass is 15.1. The summed E-state index contributed by atoms with van der Waals surface area (Å²) in [6, 6.07) is 5.68. The van der Waals surface area contributed by atoms with Gasteiger partial charge in [-0.25, -0.2) is 0 Å². The molecule has 1 saturated heterocycles. The molecular formula is C17H31N3. The first kappa shape index (κ1) is 15.6. The maximum Gasteiger partial charge on any atom is 0.0446 e. The molecule has 0 aromatic carbocycles. The smallest absolute Gasteiger partial charge is 0.0446 e. The molecule has 3 nitrogen and oxygen atoms in total. The molecule has 1 aliphatic rings. The Bertz CT molecular complexity index is 385. The standard InChI is InChI=1S/C17H31N3/c1-4-11-18-15(2)17-9-7-13-20(17)14-10-16-8-5-6-12-19(16)3/h7,9,13,15-16,18H,4-6,8,10-12,14H2,1-3H3. The second-order valence-electron chi connectivity index (χ2n) is 6.22. The first-order valence-corrected chi connectivity index (χ1v) is 8.31. The molecule has 1 aromatic heterocycles. The van der Waals surface area contributed by atoms with Crippen LogP contribution >= 0.6 is 0 Å². The van der Waals surface area contributed by atoms with Gasteiger partial charge in [0.2, 0.25) is 0 Å². The summed E-state index contributed by atoms with van der Waals surface area (Å²) in [5.74, 6) is 0. The Morgan fingerprint density at radius 2 is 2.25 bits per heavy atom. The molecule has 2 atom stereocenters. The van der Waals surface area contributed by atoms with Crippen LogP contribution in [0.1, 0.15) is 57.7 Å². The number of nitrogens with zero attached hydrogens (tertiary/aromatic N) is 2. The molecule has 20 heavy (non-hydrogen) atoms. The van der Waals surface area contributed by atoms with E-state index in [1.165, 1.54) is 44.3 Å². The van der Waals surface area contributed by atoms with Crippen LogP contribution < -0.4 is 5.32 Å². The van der Waals surface area contributed by atoms with Crippen LogP contribution in [0.25, 0.3) is 0 Å². The number of rotatable bonds is 7. The quantitative estimate of drug-likeness (QED) is 0.824. The molecule has 2 heterocycles. The third-order valence-corrected chi connectivity index (χ3v) is 4.63. The molecule has 1 fully saturated rings. The van der Waals surface area contributed by atoms with E-state index in [-0.39, 0.29) is 0 Å². The lowest BCUT2D eigenvalue weighted by Gasteiger charge is -2.32. The van der Waals surface area contributed by atoms with Crippen molar-refractivity contribution in [2.45, 2.75) is 64.6 Å². The SMILES string of the molecule is CCCNC(C)c1cccn1CCC1CCCCN1C. The maximum atomic E-state index is 3.59. The van der Waals surface area contributed by atoms with Crippen LogP contribution in [0.3, 0.4) is 0 Å². The van der Waals surface area contributed by atoms with E-state index < -0.39 is 0 Å². The number of nitrogens with one attached hydrogen (secondary N) is 1. The van der Waals surface area contributed by atoms with Crippen LogP contribution in [0.5, 0.6) is 0 Å². The molecule has 2 rings (SSSR count). The molecule has 3 heteroatoms. The van der Waals surface area contributed by atoms with Crippen molar-refractivity contribution in [2.75, 3.05) is 20.1 Å². The average molecular weight is 277 g/mol. The fraction of sp³-hybridized carbons (Fsp3) is 0.765. The van der Waals surface area contributed by atoms with Gasteiger partial charge in [0, 0.05) is 30.5 Å². The number of hydrogen-bond acceptors (Lipinski definition) is 2. The summed E-state index contributed by atoms with van der Waals surface area (Å²) >= 11 is 0. The van der Waals surface area contributed by atoms with Gasteiger partial charge >= 0.3 is 0 Å². The molecule has 1 aliphatic heterocycles. The monoisotopic (exact) mass is 277 g/mol. The topological polar surface area (TPSA) is 20.2 Å². The zero-order chi connectivity index (χ0) is 14.4. The van der Waals surface area contributed by atoms with E-state index in [9.17, 15) is 0 Å². The highest BCUT2D eigenvalue weighted by molar-refractivity contribution is 5.11. The molecule has 0 radical (unpaired) electrons. The van der Waals surface area contributed by atoms with Crippen LogP contribution in [0.4, 0.5) is 0 Å². The Labute approximate surface area is 124 Å². The van der Waals surface area contributed by atoms with Crippen LogP contribution in [0.2, 0.25) is 0 Å². The van der Waals surface area contributed by atoms with Gasteiger partial charge in [0.25, 0.3) is 0 Å². The molecule has 114 valence electrons. The second-order valence-corrected chi connectivity index (χ2v) is 6.22. The Hall–Kier alpha value is -0.800. The van der Waals surface area contributed by atoms with E-state index in [1.54, 1.807) is 0 Å². The maximum absolute atomic E-state index is 3.59. The number of hydrogen-bond donors (Lipinski definition) is 1. The van der Waals surface area contributed by atoms with Crippen molar-refractivity contribution in [2.24, 2.45) is 0 Å². The lowest BCUT2D eigenvalue weighted by Crippen LogP contribution is -2.37. The predicted molar refractivity (Wildman–Crippen MR) is 86.0 cm³/mol. The number of piperidine rings is 1. The van der Waals surface area contributed by atoms with E-state index in [0.29, 0.717) is 6.04 Å². The zero-order valence-electron chi connectivity index (χ0n) is 13.4. The van der Waals surface area contributed by atoms with Crippen LogP contribution in [0, 0.1) is 0 Å². The minimum absolute atomic E-state index is 0.453. The van der Waals surface area contributed by atoms with Gasteiger partial charge in [-0.05, 0) is 64.9 Å². The number of aromatic nitrogens is 1. The molecule has 1 N–H and O–H groups in total. The normalized spacial score (nSPS) is 22.1. The van der Waals surface area contributed by atoms with Crippen molar-refractivity contribution in [1.82, 2.24) is 14.8 Å². The van der Waals surface area contributed by atoms with Gasteiger partial charge in [-0.15, -0.1) is 0 Å². The first-order valence-electron chi connectivity index (χ1n) is 8.31. The Balaban J connectivity index is 1.88. The summed E-state index contributed by atoms with van der Waals surface area (Å²) in [7, 11) is 2.28. The summed E-state index contributed by atoms with van der Waals surface area (Å²) in [6.45, 7) is 8.01. The van der Waals surface area contributed by atoms with Crippen LogP contribution in [-0.4, -0.2) is 35.6 Å². The third-order valence-electron chi connectivity index (χ3n) is 4.63. The van der Waals surface area contributed by atoms with Crippen molar-refractivity contribution in [1.29, 1.82) is 0 Å². The van der Waals surface area contributed by atoms with E-state index in [4.69, 9.17) is 0 Å². The van der Waals surface area contributed by atoms with Gasteiger partial charge in [-0.3, -0.25) is 0 Å². The van der Waals surface area contributed by atoms with Crippen molar-refractivity contribution in [3.05, 3.63) is 24.0 Å². The molecular weight excluding hydrogens is 246 g/mol. The van der Waals surface area contributed by atoms with Crippen molar-refractivity contribution in [3.63, 3.8) is 0 Å². The van der Waals surface area contributed by atoms with Crippen LogP contribution in [-0.2, 0) is 6.54 Å². The first-order chi connectivity index (χ1) is 9.72. The number of aryl methyl sites for hydroxylation is 1. The van der Waals surface area contributed by atoms with Gasteiger partial charge in [-0.2, -0.15) is 0 Å². The fourth-order valence-corrected chi connectivity index (χ4v) is 3.29. The van der Waals surface area contributed by atoms with E-state index in [1.807, 2.05) is 0 Å². The largest absolute Gasteiger partial charge is 0.350 e. The minimum atomic E-state index is 0.453. The molecule has 2 unspecified atom stereocenters. The molecule has 0 bridgehead atoms. The highest BCUT2D eigenvalue weighted by Gasteiger charge is 2.19. The lowest BCUT2D eigenvalue weighted by atomic mass is 10.00. The van der Waals surface area contributed by atoms with Crippen molar-refractivity contribution in [3.8, 4) is 0 Å². The van der Waals surface area contributed by atoms with E-state index in [2.05, 4.69) is 54.0 Å². The Morgan fingerprint density at radius 3 is 3.00 bits per heavy atom. The third kappa shape index (κ3) is 4.10. The fourth-order valence-electron chi connectivity index (χ4n) is 3.29. The van der Waals surface area contributed by atoms with Gasteiger partial charge < -0.3 is 14.8 Å². The lowest BCUT2D eigenvalue weighted by molar-refractivity contribution is 0.170. The summed E-state index contributed by atoms with van der Waals surface area (Å²) in [6.07, 6.45) is 8.86. The van der Waals surface area contributed by atoms with E-state index >= 15 is 0 Å². The molecule has 0 spiro atoms. The Kier molecular flexibility index (Phi) is 6.11. The zero-order valence-corrected chi connectivity index (χ0v) is 13.4. The molecule has 1 aromatic rings. The minimum Gasteiger partial charge on any atom is -0.350 e. The molecule has 0 amide bonds. The average Bonchev–Trinajstić information content (AvgIpc) is 2.92. The summed E-state index contributed by atoms with van der Waals surface area (Å²) < 4.78 is 2.44. The van der Waals surface area contributed by atoms with Gasteiger partial charge in [0.1, 0.15) is 0 Å². The van der Waals surface area contributed by atoms with Crippen molar-refractivity contribution < 1.29 is 0 Å². The van der Waals surface area contributed by atoms with Gasteiger partial charge in [0.15, 0.2) is 0 Å². The van der Waals surface area contributed by atoms with Crippen LogP contribution in [0.15, 0.2) is 18.3 Å². The summed E-state index contributed by atoms with van der Waals surface area (Å²) in [4.78, 5) is 2.55. The molecule has 0 aliphatic carbocycles. The highest BCUT2D eigenvalue weighted by Crippen LogP contribution is 2.20. The molecule has 0 saturated carbocycles. The Morgan fingerprint density at radius 1 is 1.40 bits per heavy atom. The number of likely N-dealkylation sites (tertiary alicyclic amines) is 1. The predicted octanol–water partition coefficient (Wildman–Crippen LogP) is 3.42. The van der Waals surface area contributed by atoms with E-state index in [0.717, 1.165) is 19.1 Å². The summed E-state index contributed by atoms with van der Waals surface area (Å²) in [5, 5.41) is 3.59. The second kappa shape index (κ2) is 7.84. The summed E-state index contributed by atoms with van der Waals surface area (Å²) in [5.41, 5.74) is 1.43. The van der Waals surface area contributed by atoms with Gasteiger partial charge in [0.05, 0.1) is 0 Å².